The van der Waals surface area contributed by atoms with Crippen molar-refractivity contribution in [1.82, 2.24) is 0 Å². The van der Waals surface area contributed by atoms with Gasteiger partial charge in [0.2, 0.25) is 0 Å². The summed E-state index contributed by atoms with van der Waals surface area (Å²) in [5.74, 6) is 6.13. The number of ether oxygens (including phenoxy) is 1. The molecule has 270 valence electrons. The number of carbonyl (C=O) groups excluding carboxylic acids is 1. The number of hydrogen-bond donors (Lipinski definition) is 0. The Hall–Kier alpha value is -1.05. The minimum absolute atomic E-state index is 0.0460. The molecule has 0 aromatic heterocycles. The highest BCUT2D eigenvalue weighted by Gasteiger charge is 2.59. The van der Waals surface area contributed by atoms with Crippen molar-refractivity contribution >= 4 is 5.97 Å². The van der Waals surface area contributed by atoms with Crippen LogP contribution in [0.4, 0.5) is 0 Å². The molecule has 3 saturated carbocycles. The SMILES string of the molecule is CCCCCCCC/C=C\CCCCCC(=O)O[C@H]1CC[C@@]2(C)C(=CC[C@H]3[C@@H]4CC[C@H]([C@H](C)CC[C@@H](CC)C(C)C)[C@@]4(C)CC[C@@H]32)C1. The van der Waals surface area contributed by atoms with Crippen LogP contribution >= 0.6 is 0 Å². The van der Waals surface area contributed by atoms with Gasteiger partial charge in [0.05, 0.1) is 0 Å². The predicted octanol–water partition coefficient (Wildman–Crippen LogP) is 13.8. The van der Waals surface area contributed by atoms with E-state index in [1.807, 2.05) is 0 Å². The molecule has 0 aliphatic heterocycles. The second-order valence-corrected chi connectivity index (χ2v) is 17.9. The first-order chi connectivity index (χ1) is 22.6. The molecule has 0 radical (unpaired) electrons. The van der Waals surface area contributed by atoms with E-state index in [2.05, 4.69) is 66.7 Å². The Kier molecular flexibility index (Phi) is 15.5. The van der Waals surface area contributed by atoms with Gasteiger partial charge in [-0.25, -0.2) is 0 Å². The van der Waals surface area contributed by atoms with Crippen LogP contribution in [0.3, 0.4) is 0 Å². The average molecular weight is 651 g/mol. The van der Waals surface area contributed by atoms with Crippen molar-refractivity contribution < 1.29 is 9.53 Å². The highest BCUT2D eigenvalue weighted by atomic mass is 16.5. The molecule has 2 heteroatoms. The van der Waals surface area contributed by atoms with Gasteiger partial charge in [0.15, 0.2) is 0 Å². The number of unbranched alkanes of at least 4 members (excludes halogenated alkanes) is 9. The molecule has 0 saturated heterocycles. The highest BCUT2D eigenvalue weighted by molar-refractivity contribution is 5.69. The van der Waals surface area contributed by atoms with Gasteiger partial charge in [-0.3, -0.25) is 4.79 Å². The van der Waals surface area contributed by atoms with Crippen LogP contribution in [-0.4, -0.2) is 12.1 Å². The molecule has 4 aliphatic rings. The summed E-state index contributed by atoms with van der Waals surface area (Å²) in [6.07, 6.45) is 36.5. The van der Waals surface area contributed by atoms with Crippen molar-refractivity contribution in [2.24, 2.45) is 52.3 Å². The fraction of sp³-hybridized carbons (Fsp3) is 0.889. The summed E-state index contributed by atoms with van der Waals surface area (Å²) in [7, 11) is 0. The lowest BCUT2D eigenvalue weighted by Crippen LogP contribution is -2.51. The number of hydrogen-bond acceptors (Lipinski definition) is 2. The van der Waals surface area contributed by atoms with Gasteiger partial charge in [0.1, 0.15) is 6.10 Å². The zero-order chi connectivity index (χ0) is 33.9. The van der Waals surface area contributed by atoms with E-state index in [1.165, 1.54) is 109 Å². The van der Waals surface area contributed by atoms with Crippen LogP contribution in [0.25, 0.3) is 0 Å². The molecule has 0 aromatic carbocycles. The van der Waals surface area contributed by atoms with Crippen molar-refractivity contribution in [2.45, 2.75) is 202 Å². The predicted molar refractivity (Wildman–Crippen MR) is 202 cm³/mol. The first-order valence-corrected chi connectivity index (χ1v) is 21.2. The molecule has 9 atom stereocenters. The van der Waals surface area contributed by atoms with Crippen molar-refractivity contribution in [3.05, 3.63) is 23.8 Å². The zero-order valence-electron chi connectivity index (χ0n) is 32.4. The minimum Gasteiger partial charge on any atom is -0.462 e. The number of esters is 1. The molecule has 0 bridgehead atoms. The van der Waals surface area contributed by atoms with Crippen LogP contribution in [0.15, 0.2) is 23.8 Å². The largest absolute Gasteiger partial charge is 0.462 e. The van der Waals surface area contributed by atoms with Gasteiger partial charge in [0.25, 0.3) is 0 Å². The molecule has 0 N–H and O–H groups in total. The summed E-state index contributed by atoms with van der Waals surface area (Å²) < 4.78 is 6.12. The molecule has 47 heavy (non-hydrogen) atoms. The Morgan fingerprint density at radius 1 is 0.851 bits per heavy atom. The maximum absolute atomic E-state index is 12.8. The van der Waals surface area contributed by atoms with Gasteiger partial charge in [0, 0.05) is 12.8 Å². The van der Waals surface area contributed by atoms with Crippen molar-refractivity contribution in [2.75, 3.05) is 0 Å². The van der Waals surface area contributed by atoms with Crippen molar-refractivity contribution in [3.63, 3.8) is 0 Å². The number of rotatable bonds is 20. The summed E-state index contributed by atoms with van der Waals surface area (Å²) in [5, 5.41) is 0. The molecule has 0 spiro atoms. The van der Waals surface area contributed by atoms with E-state index in [4.69, 9.17) is 4.74 Å². The second-order valence-electron chi connectivity index (χ2n) is 17.9. The van der Waals surface area contributed by atoms with Crippen molar-refractivity contribution in [3.8, 4) is 0 Å². The first kappa shape index (κ1) is 38.7. The number of carbonyl (C=O) groups is 1. The molecule has 4 rings (SSSR count). The van der Waals surface area contributed by atoms with Crippen LogP contribution in [-0.2, 0) is 9.53 Å². The Morgan fingerprint density at radius 2 is 1.55 bits per heavy atom. The number of allylic oxidation sites excluding steroid dienone is 3. The van der Waals surface area contributed by atoms with Crippen LogP contribution in [0.1, 0.15) is 196 Å². The molecule has 0 unspecified atom stereocenters. The van der Waals surface area contributed by atoms with Crippen LogP contribution < -0.4 is 0 Å². The lowest BCUT2D eigenvalue weighted by molar-refractivity contribution is -0.151. The standard InChI is InChI=1S/C45H78O2/c1-8-10-11-12-13-14-15-16-17-18-19-20-21-22-43(46)47-38-29-31-44(6)37(33-38)25-26-39-41-28-27-40(45(41,7)32-30-42(39)44)35(5)23-24-36(9-2)34(3)4/h16-17,25,34-36,38-42H,8-15,18-24,26-33H2,1-7H3/b17-16-/t35-,36-,38+,39+,40-,41+,42+,44+,45-/m1/s1. The Balaban J connectivity index is 1.18. The fourth-order valence-corrected chi connectivity index (χ4v) is 11.6. The van der Waals surface area contributed by atoms with Gasteiger partial charge in [-0.05, 0) is 136 Å². The smallest absolute Gasteiger partial charge is 0.306 e. The minimum atomic E-state index is 0.0460. The molecule has 3 fully saturated rings. The number of fused-ring (bicyclic) bond motifs is 5. The fourth-order valence-electron chi connectivity index (χ4n) is 11.6. The summed E-state index contributed by atoms with van der Waals surface area (Å²) >= 11 is 0. The van der Waals surface area contributed by atoms with E-state index in [0.717, 1.165) is 73.5 Å². The van der Waals surface area contributed by atoms with E-state index in [-0.39, 0.29) is 12.1 Å². The summed E-state index contributed by atoms with van der Waals surface area (Å²) in [4.78, 5) is 12.8. The van der Waals surface area contributed by atoms with Gasteiger partial charge >= 0.3 is 5.97 Å². The molecule has 0 aromatic rings. The van der Waals surface area contributed by atoms with Crippen molar-refractivity contribution in [1.29, 1.82) is 0 Å². The maximum atomic E-state index is 12.8. The van der Waals surface area contributed by atoms with E-state index in [0.29, 0.717) is 17.3 Å². The first-order valence-electron chi connectivity index (χ1n) is 21.2. The molecule has 0 heterocycles. The molecule has 4 aliphatic carbocycles. The molecular formula is C45H78O2. The van der Waals surface area contributed by atoms with Crippen LogP contribution in [0.5, 0.6) is 0 Å². The van der Waals surface area contributed by atoms with E-state index in [9.17, 15) is 4.79 Å². The zero-order valence-corrected chi connectivity index (χ0v) is 32.4. The Labute approximate surface area is 293 Å². The van der Waals surface area contributed by atoms with Gasteiger partial charge < -0.3 is 4.74 Å². The van der Waals surface area contributed by atoms with Gasteiger partial charge in [-0.15, -0.1) is 0 Å². The third-order valence-corrected chi connectivity index (χ3v) is 14.7. The normalized spacial score (nSPS) is 33.3. The topological polar surface area (TPSA) is 26.3 Å². The molecular weight excluding hydrogens is 572 g/mol. The van der Waals surface area contributed by atoms with Gasteiger partial charge in [-0.1, -0.05) is 124 Å². The summed E-state index contributed by atoms with van der Waals surface area (Å²) in [6.45, 7) is 17.5. The van der Waals surface area contributed by atoms with E-state index < -0.39 is 0 Å². The lowest BCUT2D eigenvalue weighted by Gasteiger charge is -2.58. The Bertz CT molecular complexity index is 992. The Morgan fingerprint density at radius 3 is 2.26 bits per heavy atom. The van der Waals surface area contributed by atoms with Gasteiger partial charge in [-0.2, -0.15) is 0 Å². The summed E-state index contributed by atoms with van der Waals surface area (Å²) in [5.41, 5.74) is 2.50. The third kappa shape index (κ3) is 10.0. The maximum Gasteiger partial charge on any atom is 0.306 e. The monoisotopic (exact) mass is 651 g/mol. The second kappa shape index (κ2) is 18.8. The molecule has 0 amide bonds. The molecule has 2 nitrogen and oxygen atoms in total. The van der Waals surface area contributed by atoms with E-state index in [1.54, 1.807) is 5.57 Å². The van der Waals surface area contributed by atoms with Crippen LogP contribution in [0.2, 0.25) is 0 Å². The highest BCUT2D eigenvalue weighted by Crippen LogP contribution is 2.67. The quantitative estimate of drug-likeness (QED) is 0.0744. The van der Waals surface area contributed by atoms with E-state index >= 15 is 0 Å². The van der Waals surface area contributed by atoms with Crippen LogP contribution in [0, 0.1) is 52.3 Å². The average Bonchev–Trinajstić information content (AvgIpc) is 3.41. The summed E-state index contributed by atoms with van der Waals surface area (Å²) in [6, 6.07) is 0. The lowest BCUT2D eigenvalue weighted by atomic mass is 9.47. The third-order valence-electron chi connectivity index (χ3n) is 14.7.